The highest BCUT2D eigenvalue weighted by Gasteiger charge is 2.21. The number of H-pyrrole nitrogens is 4. The zero-order chi connectivity index (χ0) is 77.6. The molecule has 0 aliphatic heterocycles. The van der Waals surface area contributed by atoms with Crippen molar-refractivity contribution in [2.45, 2.75) is 64.8 Å². The van der Waals surface area contributed by atoms with E-state index < -0.39 is 29.7 Å². The number of aliphatic hydroxyl groups is 2. The molecule has 13 N–H and O–H groups in total. The second kappa shape index (κ2) is 43.9. The van der Waals surface area contributed by atoms with Gasteiger partial charge in [-0.3, -0.25) is 28.8 Å². The number of rotatable bonds is 27. The number of benzene rings is 6. The van der Waals surface area contributed by atoms with Crippen LogP contribution in [0.4, 0.5) is 11.4 Å². The second-order valence-corrected chi connectivity index (χ2v) is 24.5. The van der Waals surface area contributed by atoms with E-state index in [4.69, 9.17) is 57.5 Å². The Hall–Kier alpha value is -11.9. The number of carbonyl (C=O) groups excluding carboxylic acids is 3. The molecule has 0 bridgehead atoms. The number of aliphatic hydroxyl groups excluding tert-OH is 2. The first-order valence-electron chi connectivity index (χ1n) is 32.8. The van der Waals surface area contributed by atoms with E-state index in [2.05, 4.69) is 66.2 Å². The van der Waals surface area contributed by atoms with Crippen LogP contribution in [0.25, 0.3) is 53.3 Å². The Kier molecular flexibility index (Phi) is 35.1. The van der Waals surface area contributed by atoms with Gasteiger partial charge in [0, 0.05) is 105 Å². The number of fused-ring (bicyclic) bond motifs is 4. The summed E-state index contributed by atoms with van der Waals surface area (Å²) in [6.45, 7) is 27.2. The molecule has 4 aromatic heterocycles. The SMILES string of the molecule is CCOC(=O)CBr.CCOC(=O)COc1ccc2[nH]c(=O)ccc2c1.O=C(O)COc1ccc2[nH]c(=O)ccc2c1.O=c1ccc2cc(O)ccc2[nH]1.[C-]#[N+]c1ccccc1OC[C@@H](O)CNC(C)(C)CN.[C-]#[N+]c1ccccc1OC[C@@H](O)CNC(C)(C)CNC(=O)COc1ccc2[nH]c(=O)ccc2c1. The maximum absolute atomic E-state index is 12.2. The van der Waals surface area contributed by atoms with Crippen LogP contribution in [0, 0.1) is 13.1 Å². The van der Waals surface area contributed by atoms with Gasteiger partial charge in [-0.05, 0) is 151 Å². The van der Waals surface area contributed by atoms with Crippen molar-refractivity contribution < 1.29 is 72.8 Å². The Morgan fingerprint density at radius 3 is 1.27 bits per heavy atom. The monoisotopic (exact) mass is 1520 g/mol. The van der Waals surface area contributed by atoms with Gasteiger partial charge in [0.15, 0.2) is 19.8 Å². The predicted molar refractivity (Wildman–Crippen MR) is 406 cm³/mol. The fourth-order valence-electron chi connectivity index (χ4n) is 8.77. The number of halogens is 1. The van der Waals surface area contributed by atoms with Crippen LogP contribution >= 0.6 is 15.9 Å². The number of nitrogens with two attached hydrogens (primary N) is 1. The average Bonchev–Trinajstić information content (AvgIpc) is 0.850. The van der Waals surface area contributed by atoms with E-state index in [0.717, 1.165) is 32.6 Å². The van der Waals surface area contributed by atoms with Crippen LogP contribution in [0.1, 0.15) is 41.5 Å². The number of esters is 2. The van der Waals surface area contributed by atoms with Crippen molar-refractivity contribution in [3.05, 3.63) is 234 Å². The molecule has 0 spiro atoms. The van der Waals surface area contributed by atoms with Gasteiger partial charge < -0.3 is 95.2 Å². The second-order valence-electron chi connectivity index (χ2n) is 23.9. The Morgan fingerprint density at radius 2 is 0.887 bits per heavy atom. The zero-order valence-electron chi connectivity index (χ0n) is 59.1. The lowest BCUT2D eigenvalue weighted by Gasteiger charge is -2.28. The third kappa shape index (κ3) is 31.4. The number of aromatic nitrogens is 4. The summed E-state index contributed by atoms with van der Waals surface area (Å²) in [6, 6.07) is 46.4. The van der Waals surface area contributed by atoms with Crippen molar-refractivity contribution in [1.29, 1.82) is 0 Å². The number of para-hydroxylation sites is 4. The molecule has 560 valence electrons. The molecule has 29 nitrogen and oxygen atoms in total. The molecule has 106 heavy (non-hydrogen) atoms. The number of carbonyl (C=O) groups is 4. The topological polar surface area (TPSA) is 416 Å². The summed E-state index contributed by atoms with van der Waals surface area (Å²) >= 11 is 2.94. The zero-order valence-corrected chi connectivity index (χ0v) is 60.7. The molecular formula is C76H85BrN10O19. The smallest absolute Gasteiger partial charge is 0.344 e. The van der Waals surface area contributed by atoms with Crippen molar-refractivity contribution in [3.8, 4) is 34.5 Å². The van der Waals surface area contributed by atoms with Gasteiger partial charge in [-0.1, -0.05) is 52.3 Å². The minimum absolute atomic E-state index is 0.0372. The highest BCUT2D eigenvalue weighted by molar-refractivity contribution is 9.09. The van der Waals surface area contributed by atoms with Gasteiger partial charge in [0.2, 0.25) is 33.6 Å². The number of ether oxygens (including phenoxy) is 7. The molecular weight excluding hydrogens is 1440 g/mol. The minimum atomic E-state index is -1.03. The number of β-amino-alcohol motifs (C(OH)–C–C–N with tert-alkyl or cyclic N) is 2. The first-order valence-corrected chi connectivity index (χ1v) is 34.0. The van der Waals surface area contributed by atoms with Crippen molar-refractivity contribution in [1.82, 2.24) is 35.9 Å². The summed E-state index contributed by atoms with van der Waals surface area (Å²) in [4.78, 5) is 106. The van der Waals surface area contributed by atoms with E-state index in [0.29, 0.717) is 89.3 Å². The van der Waals surface area contributed by atoms with Crippen LogP contribution in [0.5, 0.6) is 34.5 Å². The summed E-state index contributed by atoms with van der Waals surface area (Å²) < 4.78 is 36.1. The Morgan fingerprint density at radius 1 is 0.509 bits per heavy atom. The van der Waals surface area contributed by atoms with E-state index in [-0.39, 0.29) is 85.0 Å². The molecule has 1 amide bonds. The van der Waals surface area contributed by atoms with E-state index in [1.807, 2.05) is 27.7 Å². The maximum atomic E-state index is 12.2. The van der Waals surface area contributed by atoms with Gasteiger partial charge in [-0.15, -0.1) is 0 Å². The van der Waals surface area contributed by atoms with E-state index in [1.165, 1.54) is 30.3 Å². The number of alkyl halides is 1. The number of aromatic hydroxyl groups is 1. The minimum Gasteiger partial charge on any atom is -0.508 e. The van der Waals surface area contributed by atoms with Crippen LogP contribution < -0.4 is 67.6 Å². The lowest BCUT2D eigenvalue weighted by atomic mass is 10.1. The van der Waals surface area contributed by atoms with Crippen LogP contribution in [0.3, 0.4) is 0 Å². The summed E-state index contributed by atoms with van der Waals surface area (Å²) in [6.07, 6.45) is -1.44. The van der Waals surface area contributed by atoms with Gasteiger partial charge in [0.1, 0.15) is 65.2 Å². The van der Waals surface area contributed by atoms with E-state index >= 15 is 0 Å². The van der Waals surface area contributed by atoms with E-state index in [9.17, 15) is 48.6 Å². The molecule has 30 heteroatoms. The number of carboxylic acid groups (broad SMARTS) is 1. The Labute approximate surface area is 617 Å². The van der Waals surface area contributed by atoms with Crippen LogP contribution in [0.2, 0.25) is 0 Å². The summed E-state index contributed by atoms with van der Waals surface area (Å²) in [5.41, 5.74) is 7.95. The normalized spacial score (nSPS) is 11.2. The van der Waals surface area contributed by atoms with Crippen molar-refractivity contribution in [3.63, 3.8) is 0 Å². The molecule has 0 aliphatic rings. The van der Waals surface area contributed by atoms with Gasteiger partial charge in [0.25, 0.3) is 5.91 Å². The number of nitrogens with zero attached hydrogens (tertiary/aromatic N) is 2. The molecule has 0 saturated carbocycles. The Balaban J connectivity index is 0.000000242. The molecule has 6 aromatic carbocycles. The number of aliphatic carboxylic acids is 1. The lowest BCUT2D eigenvalue weighted by Crippen LogP contribution is -2.52. The third-order valence-corrected chi connectivity index (χ3v) is 14.8. The van der Waals surface area contributed by atoms with Gasteiger partial charge in [-0.2, -0.15) is 0 Å². The molecule has 0 radical (unpaired) electrons. The number of nitrogens with one attached hydrogen (secondary N) is 7. The molecule has 0 saturated heterocycles. The van der Waals surface area contributed by atoms with Crippen molar-refractivity contribution in [2.24, 2.45) is 5.73 Å². The number of phenols is 1. The number of amides is 1. The average molecular weight is 1520 g/mol. The number of aromatic amines is 4. The third-order valence-electron chi connectivity index (χ3n) is 14.3. The number of pyridine rings is 4. The number of hydrogen-bond donors (Lipinski definition) is 12. The molecule has 0 fully saturated rings. The lowest BCUT2D eigenvalue weighted by molar-refractivity contribution is -0.145. The Bertz CT molecular complexity index is 4860. The quantitative estimate of drug-likeness (QED) is 0.0131. The first kappa shape index (κ1) is 84.8. The van der Waals surface area contributed by atoms with Crippen LogP contribution in [0.15, 0.2) is 189 Å². The molecule has 2 atom stereocenters. The molecule has 4 heterocycles. The number of hydrogen-bond acceptors (Lipinski definition) is 21. The highest BCUT2D eigenvalue weighted by atomic mass is 79.9. The predicted octanol–water partition coefficient (Wildman–Crippen LogP) is 8.33. The van der Waals surface area contributed by atoms with Gasteiger partial charge in [0.05, 0.1) is 26.4 Å². The van der Waals surface area contributed by atoms with Crippen LogP contribution in [-0.2, 0) is 28.7 Å². The molecule has 10 aromatic rings. The largest absolute Gasteiger partial charge is 0.508 e. The maximum Gasteiger partial charge on any atom is 0.344 e. The van der Waals surface area contributed by atoms with Crippen LogP contribution in [-0.4, -0.2) is 165 Å². The molecule has 0 aliphatic carbocycles. The fraction of sp³-hybridized carbons (Fsp3) is 0.289. The summed E-state index contributed by atoms with van der Waals surface area (Å²) in [5.74, 6) is 0.755. The van der Waals surface area contributed by atoms with Gasteiger partial charge >= 0.3 is 17.9 Å². The van der Waals surface area contributed by atoms with Crippen molar-refractivity contribution >= 4 is 94.7 Å². The highest BCUT2D eigenvalue weighted by Crippen LogP contribution is 2.28. The van der Waals surface area contributed by atoms with Crippen molar-refractivity contribution in [2.75, 3.05) is 77.8 Å². The fourth-order valence-corrected chi connectivity index (χ4v) is 8.94. The number of phenolic OH excluding ortho intramolecular Hbond substituents is 1. The standard InChI is InChI=1S/C25H28N4O5.C14H21N3O2.C13H13NO4.C11H9NO4.C9H7NO2.C4H7BrO2/c1-25(2,28-13-18(30)14-34-22-7-5-4-6-21(22)26-3)16-27-24(32)15-33-19-9-10-20-17(12-19)8-11-23(31)29-20;1-14(2,10-15)17-8-11(18)9-19-13-7-5-4-6-12(13)16-3;1-2-17-13(16)8-18-10-4-5-11-9(7-10)3-6-12(15)14-11;13-10-4-1-7-5-8(16-6-11(14)15)2-3-9(7)12-10;11-7-2-3-8-6(5-7)1-4-9(12)10-8;1-2-7-4(6)3-5/h4-12,18,28,30H,13-16H2,1-2H3,(H,27,32)(H,29,31);4-7,11,17-18H,8-10,15H2,1-2H3;3-7H,2,8H2,1H3,(H,14,15);1-5H,6H2,(H,12,13)(H,14,15);1-5,11H,(H,10,12);2-3H2,1H3/t18-;11-;;;;/m00..../s1. The van der Waals surface area contributed by atoms with E-state index in [1.54, 1.807) is 153 Å². The molecule has 10 rings (SSSR count). The first-order chi connectivity index (χ1) is 50.6. The number of carboxylic acids is 1. The summed E-state index contributed by atoms with van der Waals surface area (Å²) in [7, 11) is 0. The molecule has 0 unspecified atom stereocenters. The summed E-state index contributed by atoms with van der Waals surface area (Å²) in [5, 5.41) is 50.4. The van der Waals surface area contributed by atoms with Gasteiger partial charge in [-0.25, -0.2) is 19.3 Å².